The van der Waals surface area contributed by atoms with Crippen LogP contribution in [0.2, 0.25) is 0 Å². The number of aromatic nitrogens is 2. The fourth-order valence-electron chi connectivity index (χ4n) is 2.99. The highest BCUT2D eigenvalue weighted by Gasteiger charge is 2.29. The first kappa shape index (κ1) is 14.8. The van der Waals surface area contributed by atoms with E-state index in [0.717, 1.165) is 38.0 Å². The van der Waals surface area contributed by atoms with Crippen LogP contribution in [0.5, 0.6) is 0 Å². The minimum atomic E-state index is -0.118. The Labute approximate surface area is 130 Å². The third kappa shape index (κ3) is 3.20. The maximum Gasteiger partial charge on any atom is 0.323 e. The summed E-state index contributed by atoms with van der Waals surface area (Å²) in [6.07, 6.45) is 6.81. The Bertz CT molecular complexity index is 607. The van der Waals surface area contributed by atoms with Crippen LogP contribution in [-0.4, -0.2) is 40.3 Å². The Morgan fingerprint density at radius 3 is 2.82 bits per heavy atom. The van der Waals surface area contributed by atoms with Crippen molar-refractivity contribution in [3.8, 4) is 5.69 Å². The third-order valence-corrected chi connectivity index (χ3v) is 4.18. The molecule has 0 radical (unpaired) electrons. The number of benzene rings is 1. The van der Waals surface area contributed by atoms with Gasteiger partial charge in [-0.15, -0.1) is 0 Å². The number of hydrogen-bond donors (Lipinski definition) is 0. The first-order valence-electron chi connectivity index (χ1n) is 7.69. The van der Waals surface area contributed by atoms with Crippen LogP contribution in [0.4, 0.5) is 0 Å². The molecule has 1 atom stereocenters. The van der Waals surface area contributed by atoms with Crippen LogP contribution in [-0.2, 0) is 16.1 Å². The molecule has 0 unspecified atom stereocenters. The summed E-state index contributed by atoms with van der Waals surface area (Å²) in [5.41, 5.74) is 2.24. The van der Waals surface area contributed by atoms with Crippen molar-refractivity contribution in [3.05, 3.63) is 48.3 Å². The van der Waals surface area contributed by atoms with Crippen LogP contribution >= 0.6 is 0 Å². The van der Waals surface area contributed by atoms with Crippen molar-refractivity contribution >= 4 is 5.97 Å². The van der Waals surface area contributed by atoms with E-state index in [9.17, 15) is 4.79 Å². The molecular formula is C17H21N3O2. The second kappa shape index (κ2) is 6.75. The first-order chi connectivity index (χ1) is 10.8. The van der Waals surface area contributed by atoms with E-state index in [1.807, 2.05) is 16.9 Å². The molecule has 5 nitrogen and oxygen atoms in total. The molecule has 0 amide bonds. The highest BCUT2D eigenvalue weighted by molar-refractivity contribution is 5.75. The molecule has 1 aliphatic heterocycles. The molecule has 5 heteroatoms. The van der Waals surface area contributed by atoms with E-state index in [1.54, 1.807) is 6.20 Å². The van der Waals surface area contributed by atoms with Gasteiger partial charge in [-0.25, -0.2) is 4.68 Å². The third-order valence-electron chi connectivity index (χ3n) is 4.18. The first-order valence-corrected chi connectivity index (χ1v) is 7.69. The van der Waals surface area contributed by atoms with Gasteiger partial charge in [0, 0.05) is 18.9 Å². The Morgan fingerprint density at radius 2 is 2.14 bits per heavy atom. The highest BCUT2D eigenvalue weighted by atomic mass is 16.5. The summed E-state index contributed by atoms with van der Waals surface area (Å²) in [6, 6.07) is 10.1. The summed E-state index contributed by atoms with van der Waals surface area (Å²) >= 11 is 0. The molecule has 1 aromatic carbocycles. The van der Waals surface area contributed by atoms with Crippen LogP contribution in [0.25, 0.3) is 5.69 Å². The van der Waals surface area contributed by atoms with E-state index in [4.69, 9.17) is 4.74 Å². The fraction of sp³-hybridized carbons (Fsp3) is 0.412. The lowest BCUT2D eigenvalue weighted by Gasteiger charge is -2.33. The van der Waals surface area contributed by atoms with Crippen molar-refractivity contribution in [2.24, 2.45) is 0 Å². The molecule has 3 rings (SSSR count). The fourth-order valence-corrected chi connectivity index (χ4v) is 2.99. The van der Waals surface area contributed by atoms with Crippen molar-refractivity contribution < 1.29 is 9.53 Å². The number of ether oxygens (including phenoxy) is 1. The Morgan fingerprint density at radius 1 is 1.32 bits per heavy atom. The summed E-state index contributed by atoms with van der Waals surface area (Å²) in [6.45, 7) is 1.72. The molecule has 116 valence electrons. The van der Waals surface area contributed by atoms with Gasteiger partial charge in [0.05, 0.1) is 12.8 Å². The Kier molecular flexibility index (Phi) is 4.53. The highest BCUT2D eigenvalue weighted by Crippen LogP contribution is 2.21. The van der Waals surface area contributed by atoms with Gasteiger partial charge < -0.3 is 4.74 Å². The average molecular weight is 299 g/mol. The number of methoxy groups -OCH3 is 1. The SMILES string of the molecule is COC(=O)[C@@H]1CCCCN1Cc1ccc(-n2cccn2)cc1. The number of hydrogen-bond acceptors (Lipinski definition) is 4. The van der Waals surface area contributed by atoms with E-state index in [1.165, 1.54) is 12.7 Å². The Balaban J connectivity index is 1.70. The molecule has 1 aliphatic rings. The van der Waals surface area contributed by atoms with Gasteiger partial charge in [0.15, 0.2) is 0 Å². The number of nitrogens with zero attached hydrogens (tertiary/aromatic N) is 3. The Hall–Kier alpha value is -2.14. The molecule has 22 heavy (non-hydrogen) atoms. The number of likely N-dealkylation sites (tertiary alicyclic amines) is 1. The van der Waals surface area contributed by atoms with Crippen molar-refractivity contribution in [1.82, 2.24) is 14.7 Å². The molecule has 0 N–H and O–H groups in total. The zero-order chi connectivity index (χ0) is 15.4. The molecular weight excluding hydrogens is 278 g/mol. The minimum absolute atomic E-state index is 0.107. The van der Waals surface area contributed by atoms with Crippen LogP contribution in [0.3, 0.4) is 0 Å². The van der Waals surface area contributed by atoms with E-state index in [0.29, 0.717) is 0 Å². The van der Waals surface area contributed by atoms with Crippen molar-refractivity contribution in [2.45, 2.75) is 31.8 Å². The zero-order valence-electron chi connectivity index (χ0n) is 12.8. The topological polar surface area (TPSA) is 47.4 Å². The van der Waals surface area contributed by atoms with Gasteiger partial charge in [0.1, 0.15) is 6.04 Å². The molecule has 0 saturated carbocycles. The molecule has 0 spiro atoms. The van der Waals surface area contributed by atoms with Gasteiger partial charge in [-0.2, -0.15) is 5.10 Å². The van der Waals surface area contributed by atoms with Gasteiger partial charge in [0.2, 0.25) is 0 Å². The van der Waals surface area contributed by atoms with Crippen LogP contribution < -0.4 is 0 Å². The number of piperidine rings is 1. The second-order valence-corrected chi connectivity index (χ2v) is 5.62. The lowest BCUT2D eigenvalue weighted by atomic mass is 10.0. The van der Waals surface area contributed by atoms with Gasteiger partial charge in [-0.05, 0) is 43.1 Å². The second-order valence-electron chi connectivity index (χ2n) is 5.62. The van der Waals surface area contributed by atoms with E-state index < -0.39 is 0 Å². The monoisotopic (exact) mass is 299 g/mol. The number of esters is 1. The maximum atomic E-state index is 11.9. The summed E-state index contributed by atoms with van der Waals surface area (Å²) in [5, 5.41) is 4.22. The average Bonchev–Trinajstić information content (AvgIpc) is 3.10. The number of carbonyl (C=O) groups excluding carboxylic acids is 1. The molecule has 1 aromatic heterocycles. The molecule has 0 bridgehead atoms. The van der Waals surface area contributed by atoms with Gasteiger partial charge >= 0.3 is 5.97 Å². The van der Waals surface area contributed by atoms with E-state index in [-0.39, 0.29) is 12.0 Å². The molecule has 1 saturated heterocycles. The lowest BCUT2D eigenvalue weighted by molar-refractivity contribution is -0.148. The van der Waals surface area contributed by atoms with Crippen molar-refractivity contribution in [2.75, 3.05) is 13.7 Å². The lowest BCUT2D eigenvalue weighted by Crippen LogP contribution is -2.44. The summed E-state index contributed by atoms with van der Waals surface area (Å²) in [4.78, 5) is 14.1. The van der Waals surface area contributed by atoms with Crippen LogP contribution in [0, 0.1) is 0 Å². The largest absolute Gasteiger partial charge is 0.468 e. The quantitative estimate of drug-likeness (QED) is 0.813. The predicted molar refractivity (Wildman–Crippen MR) is 83.6 cm³/mol. The van der Waals surface area contributed by atoms with Crippen molar-refractivity contribution in [1.29, 1.82) is 0 Å². The van der Waals surface area contributed by atoms with E-state index >= 15 is 0 Å². The molecule has 2 heterocycles. The standard InChI is InChI=1S/C17H21N3O2/c1-22-17(21)16-5-2-3-11-19(16)13-14-6-8-15(9-7-14)20-12-4-10-18-20/h4,6-10,12,16H,2-3,5,11,13H2,1H3/t16-/m0/s1. The predicted octanol–water partition coefficient (Wildman–Crippen LogP) is 2.40. The van der Waals surface area contributed by atoms with E-state index in [2.05, 4.69) is 34.3 Å². The minimum Gasteiger partial charge on any atom is -0.468 e. The molecule has 2 aromatic rings. The number of carbonyl (C=O) groups is 1. The van der Waals surface area contributed by atoms with Crippen LogP contribution in [0.15, 0.2) is 42.7 Å². The molecule has 0 aliphatic carbocycles. The van der Waals surface area contributed by atoms with Crippen molar-refractivity contribution in [3.63, 3.8) is 0 Å². The smallest absolute Gasteiger partial charge is 0.323 e. The van der Waals surface area contributed by atoms with Gasteiger partial charge in [0.25, 0.3) is 0 Å². The maximum absolute atomic E-state index is 11.9. The summed E-state index contributed by atoms with van der Waals surface area (Å²) < 4.78 is 6.77. The molecule has 1 fully saturated rings. The normalized spacial score (nSPS) is 19.0. The van der Waals surface area contributed by atoms with Crippen LogP contribution in [0.1, 0.15) is 24.8 Å². The zero-order valence-corrected chi connectivity index (χ0v) is 12.8. The number of rotatable bonds is 4. The summed E-state index contributed by atoms with van der Waals surface area (Å²) in [7, 11) is 1.47. The summed E-state index contributed by atoms with van der Waals surface area (Å²) in [5.74, 6) is -0.118. The van der Waals surface area contributed by atoms with Gasteiger partial charge in [-0.1, -0.05) is 18.6 Å². The van der Waals surface area contributed by atoms with Gasteiger partial charge in [-0.3, -0.25) is 9.69 Å².